The van der Waals surface area contributed by atoms with Crippen LogP contribution in [-0.2, 0) is 25.4 Å². The van der Waals surface area contributed by atoms with E-state index in [0.29, 0.717) is 36.0 Å². The molecule has 19 heteroatoms. The molecule has 0 fully saturated rings. The number of hydrogen-bond donors (Lipinski definition) is 5. The molecule has 0 saturated heterocycles. The zero-order valence-electron chi connectivity index (χ0n) is 23.8. The van der Waals surface area contributed by atoms with Crippen molar-refractivity contribution in [2.75, 3.05) is 11.5 Å². The number of nitrogens with zero attached hydrogens (tertiary/aromatic N) is 6. The van der Waals surface area contributed by atoms with Crippen LogP contribution in [0.3, 0.4) is 0 Å². The quantitative estimate of drug-likeness (QED) is 0.176. The van der Waals surface area contributed by atoms with Gasteiger partial charge in [0.05, 0.1) is 87.6 Å². The summed E-state index contributed by atoms with van der Waals surface area (Å²) in [7, 11) is -4.49. The number of hydrogen-bond acceptors (Lipinski definition) is 12. The lowest BCUT2D eigenvalue weighted by Gasteiger charge is -2.19. The number of amides is 1. The average molecular weight is 792 g/mol. The van der Waals surface area contributed by atoms with Crippen molar-refractivity contribution in [2.24, 2.45) is 11.6 Å². The Morgan fingerprint density at radius 3 is 1.89 bits per heavy atom. The first kappa shape index (κ1) is 39.6. The molecule has 1 amide bonds. The highest BCUT2D eigenvalue weighted by Crippen LogP contribution is 2.27. The average Bonchev–Trinajstić information content (AvgIpc) is 3.51. The van der Waals surface area contributed by atoms with Crippen LogP contribution in [0, 0.1) is 27.4 Å². The minimum atomic E-state index is -3.15. The molecule has 0 bridgehead atoms. The summed E-state index contributed by atoms with van der Waals surface area (Å²) in [5.74, 6) is 4.16. The van der Waals surface area contributed by atoms with Crippen molar-refractivity contribution in [1.82, 2.24) is 19.2 Å². The van der Waals surface area contributed by atoms with Crippen LogP contribution >= 0.6 is 31.9 Å². The van der Waals surface area contributed by atoms with Crippen LogP contribution in [0.1, 0.15) is 46.2 Å². The first-order valence-electron chi connectivity index (χ1n) is 12.1. The number of carbonyl (C=O) groups excluding carboxylic acids is 1. The molecule has 45 heavy (non-hydrogen) atoms. The molecule has 244 valence electrons. The largest absolute Gasteiger partial charge is 0.423 e. The second-order valence-electron chi connectivity index (χ2n) is 10.3. The van der Waals surface area contributed by atoms with E-state index in [1.807, 2.05) is 12.1 Å². The Kier molecular flexibility index (Phi) is 13.8. The summed E-state index contributed by atoms with van der Waals surface area (Å²) in [5, 5.41) is 45.5. The molecule has 0 aliphatic heterocycles. The van der Waals surface area contributed by atoms with Crippen LogP contribution in [0.4, 0.5) is 4.79 Å². The molecule has 7 N–H and O–H groups in total. The predicted molar refractivity (Wildman–Crippen MR) is 175 cm³/mol. The fourth-order valence-corrected chi connectivity index (χ4v) is 8.15. The van der Waals surface area contributed by atoms with E-state index in [9.17, 15) is 23.4 Å². The SMILES string of the molecule is C.CC(C)(O)CS(=N)(=O)c1cc(Br)c2c(C#N)cnn2c1.CC(C)(O)CS(=O)c1cc(Br)c2c(C#N)cnn2c1.NOC(N)=O. The molecule has 2 unspecified atom stereocenters. The van der Waals surface area contributed by atoms with Gasteiger partial charge < -0.3 is 20.8 Å². The van der Waals surface area contributed by atoms with Crippen molar-refractivity contribution in [3.63, 3.8) is 0 Å². The van der Waals surface area contributed by atoms with Crippen molar-refractivity contribution < 1.29 is 28.3 Å². The maximum Gasteiger partial charge on any atom is 0.423 e. The first-order chi connectivity index (χ1) is 20.2. The van der Waals surface area contributed by atoms with E-state index in [4.69, 9.17) is 15.3 Å². The molecule has 0 saturated carbocycles. The summed E-state index contributed by atoms with van der Waals surface area (Å²) in [6.07, 6.45) is 4.98. The van der Waals surface area contributed by atoms with Gasteiger partial charge in [0, 0.05) is 21.3 Å². The Morgan fingerprint density at radius 1 is 1.04 bits per heavy atom. The summed E-state index contributed by atoms with van der Waals surface area (Å²) < 4.78 is 36.7. The lowest BCUT2D eigenvalue weighted by Crippen LogP contribution is -2.29. The standard InChI is InChI=1S/C12H13BrN4O2S.C12H12BrN3O2S.CH4N2O2.CH4/c1-12(2,18)7-20(15,19)9-3-10(13)11-8(4-14)5-16-17(11)6-9;1-12(2,17)7-19(18)9-3-10(13)11-8(4-14)5-15-16(11)6-9;2-1(4)5-3;/h3,5-6,15,18H,7H2,1-2H3;3,5-6,17H,7H2,1-2H3;3H2,(H2,2,4);1H4. The van der Waals surface area contributed by atoms with E-state index >= 15 is 0 Å². The molecule has 0 aliphatic carbocycles. The molecular formula is C26H33Br2N9O6S2. The fourth-order valence-electron chi connectivity index (χ4n) is 3.55. The normalized spacial score (nSPS) is 13.0. The highest BCUT2D eigenvalue weighted by atomic mass is 79.9. The molecule has 0 aromatic carbocycles. The first-order valence-corrected chi connectivity index (χ1v) is 16.8. The second kappa shape index (κ2) is 15.7. The second-order valence-corrected chi connectivity index (χ2v) is 15.6. The Bertz CT molecular complexity index is 1900. The van der Waals surface area contributed by atoms with Gasteiger partial charge in [0.25, 0.3) is 0 Å². The summed E-state index contributed by atoms with van der Waals surface area (Å²) >= 11 is 6.66. The van der Waals surface area contributed by atoms with Crippen molar-refractivity contribution in [2.45, 2.75) is 56.1 Å². The van der Waals surface area contributed by atoms with Gasteiger partial charge in [-0.25, -0.2) is 22.8 Å². The number of pyridine rings is 2. The number of carbonyl (C=O) groups is 1. The van der Waals surface area contributed by atoms with Crippen LogP contribution in [-0.4, -0.2) is 66.7 Å². The van der Waals surface area contributed by atoms with Gasteiger partial charge in [-0.05, 0) is 71.7 Å². The highest BCUT2D eigenvalue weighted by molar-refractivity contribution is 9.11. The van der Waals surface area contributed by atoms with Gasteiger partial charge in [0.15, 0.2) is 0 Å². The smallest absolute Gasteiger partial charge is 0.389 e. The summed E-state index contributed by atoms with van der Waals surface area (Å²) in [6, 6.07) is 7.30. The maximum atomic E-state index is 12.5. The number of nitrogens with two attached hydrogens (primary N) is 2. The lowest BCUT2D eigenvalue weighted by atomic mass is 10.2. The van der Waals surface area contributed by atoms with Crippen LogP contribution in [0.2, 0.25) is 0 Å². The maximum absolute atomic E-state index is 12.5. The lowest BCUT2D eigenvalue weighted by molar-refractivity contribution is 0.105. The van der Waals surface area contributed by atoms with Crippen molar-refractivity contribution in [3.8, 4) is 12.1 Å². The number of aromatic nitrogens is 4. The highest BCUT2D eigenvalue weighted by Gasteiger charge is 2.24. The van der Waals surface area contributed by atoms with Crippen molar-refractivity contribution in [3.05, 3.63) is 57.0 Å². The number of fused-ring (bicyclic) bond motifs is 2. The molecule has 15 nitrogen and oxygen atoms in total. The number of aliphatic hydroxyl groups is 2. The molecule has 4 aromatic rings. The number of rotatable bonds is 6. The topological polar surface area (TPSA) is 259 Å². The minimum absolute atomic E-state index is 0. The number of halogens is 2. The van der Waals surface area contributed by atoms with Gasteiger partial charge in [-0.15, -0.1) is 0 Å². The van der Waals surface area contributed by atoms with Gasteiger partial charge >= 0.3 is 6.09 Å². The van der Waals surface area contributed by atoms with Gasteiger partial charge in [-0.3, -0.25) is 4.21 Å². The van der Waals surface area contributed by atoms with Crippen LogP contribution in [0.15, 0.2) is 55.7 Å². The van der Waals surface area contributed by atoms with E-state index in [1.54, 1.807) is 32.2 Å². The summed E-state index contributed by atoms with van der Waals surface area (Å²) in [6.45, 7) is 6.24. The molecule has 0 aliphatic rings. The molecular weight excluding hydrogens is 758 g/mol. The van der Waals surface area contributed by atoms with Crippen LogP contribution in [0.5, 0.6) is 0 Å². The molecule has 4 rings (SSSR count). The summed E-state index contributed by atoms with van der Waals surface area (Å²) in [4.78, 5) is 13.4. The number of primary amides is 1. The monoisotopic (exact) mass is 789 g/mol. The van der Waals surface area contributed by atoms with Gasteiger partial charge in [-0.1, -0.05) is 7.43 Å². The Morgan fingerprint density at radius 2 is 1.49 bits per heavy atom. The van der Waals surface area contributed by atoms with Crippen LogP contribution < -0.4 is 11.6 Å². The fraction of sp³-hybridized carbons (Fsp3) is 0.346. The number of nitriles is 2. The van der Waals surface area contributed by atoms with Gasteiger partial charge in [0.1, 0.15) is 12.1 Å². The third-order valence-electron chi connectivity index (χ3n) is 5.12. The van der Waals surface area contributed by atoms with Gasteiger partial charge in [0.2, 0.25) is 0 Å². The minimum Gasteiger partial charge on any atom is -0.389 e. The Hall–Kier alpha value is -3.43. The third-order valence-corrected chi connectivity index (χ3v) is 10.1. The van der Waals surface area contributed by atoms with E-state index in [2.05, 4.69) is 58.5 Å². The van der Waals surface area contributed by atoms with E-state index in [-0.39, 0.29) is 23.8 Å². The zero-order chi connectivity index (χ0) is 33.6. The Balaban J connectivity index is 0.000000385. The Labute approximate surface area is 279 Å². The molecule has 2 atom stereocenters. The summed E-state index contributed by atoms with van der Waals surface area (Å²) in [5.41, 5.74) is 4.14. The zero-order valence-corrected chi connectivity index (χ0v) is 28.6. The molecule has 4 heterocycles. The van der Waals surface area contributed by atoms with Crippen molar-refractivity contribution >= 4 is 69.5 Å². The number of nitrogens with one attached hydrogen (secondary N) is 1. The van der Waals surface area contributed by atoms with E-state index in [1.165, 1.54) is 41.5 Å². The third kappa shape index (κ3) is 11.2. The van der Waals surface area contributed by atoms with Crippen LogP contribution in [0.25, 0.3) is 11.0 Å². The molecule has 0 spiro atoms. The van der Waals surface area contributed by atoms with Gasteiger partial charge in [-0.2, -0.15) is 26.6 Å². The molecule has 4 aromatic heterocycles. The predicted octanol–water partition coefficient (Wildman–Crippen LogP) is 3.58. The molecule has 0 radical (unpaired) electrons. The van der Waals surface area contributed by atoms with Crippen molar-refractivity contribution in [1.29, 1.82) is 15.3 Å². The van der Waals surface area contributed by atoms with E-state index in [0.717, 1.165) is 0 Å². The van der Waals surface area contributed by atoms with E-state index < -0.39 is 37.8 Å².